The molecule has 0 saturated carbocycles. The molecule has 1 rings (SSSR count). The van der Waals surface area contributed by atoms with Gasteiger partial charge in [-0.15, -0.1) is 0 Å². The van der Waals surface area contributed by atoms with Gasteiger partial charge in [-0.3, -0.25) is 0 Å². The maximum absolute atomic E-state index is 8.56. The van der Waals surface area contributed by atoms with Gasteiger partial charge in [0.25, 0.3) is 0 Å². The summed E-state index contributed by atoms with van der Waals surface area (Å²) in [5.74, 6) is 1.34. The van der Waals surface area contributed by atoms with Crippen molar-refractivity contribution in [2.45, 2.75) is 39.2 Å². The van der Waals surface area contributed by atoms with E-state index in [4.69, 9.17) is 10.00 Å². The van der Waals surface area contributed by atoms with Crippen LogP contribution in [0.3, 0.4) is 0 Å². The van der Waals surface area contributed by atoms with E-state index in [1.807, 2.05) is 25.1 Å². The maximum Gasteiger partial charge on any atom is 0.123 e. The van der Waals surface area contributed by atoms with Gasteiger partial charge in [0.1, 0.15) is 11.9 Å². The van der Waals surface area contributed by atoms with Crippen LogP contribution in [0, 0.1) is 11.3 Å². The molecule has 2 nitrogen and oxygen atoms in total. The highest BCUT2D eigenvalue weighted by Crippen LogP contribution is 2.26. The van der Waals surface area contributed by atoms with Crippen LogP contribution in [0.2, 0.25) is 0 Å². The normalized spacial score (nSPS) is 12.2. The monoisotopic (exact) mass is 203 g/mol. The van der Waals surface area contributed by atoms with Crippen molar-refractivity contribution in [3.8, 4) is 11.8 Å². The van der Waals surface area contributed by atoms with Crippen molar-refractivity contribution in [2.24, 2.45) is 0 Å². The average molecular weight is 203 g/mol. The summed E-state index contributed by atoms with van der Waals surface area (Å²) in [5, 5.41) is 8.56. The van der Waals surface area contributed by atoms with Gasteiger partial charge in [0.05, 0.1) is 12.5 Å². The number of rotatable bonds is 4. The van der Waals surface area contributed by atoms with Crippen LogP contribution in [0.25, 0.3) is 0 Å². The van der Waals surface area contributed by atoms with Crippen molar-refractivity contribution in [1.29, 1.82) is 5.26 Å². The molecular weight excluding hydrogens is 186 g/mol. The SMILES string of the molecule is CC(CC#N)Oc1ccccc1C(C)C. The number of ether oxygens (including phenoxy) is 1. The molecule has 2 heteroatoms. The topological polar surface area (TPSA) is 33.0 Å². The van der Waals surface area contributed by atoms with E-state index in [0.717, 1.165) is 5.75 Å². The first kappa shape index (κ1) is 11.6. The van der Waals surface area contributed by atoms with E-state index < -0.39 is 0 Å². The molecule has 0 saturated heterocycles. The van der Waals surface area contributed by atoms with Gasteiger partial charge >= 0.3 is 0 Å². The second-order valence-corrected chi connectivity index (χ2v) is 3.98. The minimum absolute atomic E-state index is 0.0464. The van der Waals surface area contributed by atoms with Crippen molar-refractivity contribution in [2.75, 3.05) is 0 Å². The Balaban J connectivity index is 2.80. The van der Waals surface area contributed by atoms with E-state index in [-0.39, 0.29) is 6.10 Å². The molecule has 0 spiro atoms. The minimum Gasteiger partial charge on any atom is -0.489 e. The molecular formula is C13H17NO. The number of hydrogen-bond acceptors (Lipinski definition) is 2. The molecule has 0 radical (unpaired) electrons. The summed E-state index contributed by atoms with van der Waals surface area (Å²) in [5.41, 5.74) is 1.20. The van der Waals surface area contributed by atoms with E-state index in [2.05, 4.69) is 26.0 Å². The Kier molecular flexibility index (Phi) is 4.17. The van der Waals surface area contributed by atoms with Crippen molar-refractivity contribution < 1.29 is 4.74 Å². The molecule has 1 aromatic carbocycles. The van der Waals surface area contributed by atoms with Crippen LogP contribution >= 0.6 is 0 Å². The Labute approximate surface area is 91.5 Å². The lowest BCUT2D eigenvalue weighted by molar-refractivity contribution is 0.224. The van der Waals surface area contributed by atoms with Gasteiger partial charge in [-0.2, -0.15) is 5.26 Å². The summed E-state index contributed by atoms with van der Waals surface area (Å²) in [7, 11) is 0. The van der Waals surface area contributed by atoms with Gasteiger partial charge in [0.2, 0.25) is 0 Å². The largest absolute Gasteiger partial charge is 0.489 e. The predicted molar refractivity (Wildman–Crippen MR) is 60.9 cm³/mol. The number of benzene rings is 1. The molecule has 1 unspecified atom stereocenters. The van der Waals surface area contributed by atoms with Crippen LogP contribution in [-0.2, 0) is 0 Å². The zero-order chi connectivity index (χ0) is 11.3. The Morgan fingerprint density at radius 1 is 1.27 bits per heavy atom. The highest BCUT2D eigenvalue weighted by atomic mass is 16.5. The molecule has 0 amide bonds. The first-order valence-corrected chi connectivity index (χ1v) is 5.27. The first-order valence-electron chi connectivity index (χ1n) is 5.27. The molecule has 0 heterocycles. The molecule has 1 atom stereocenters. The van der Waals surface area contributed by atoms with E-state index in [0.29, 0.717) is 12.3 Å². The van der Waals surface area contributed by atoms with E-state index in [9.17, 15) is 0 Å². The van der Waals surface area contributed by atoms with E-state index >= 15 is 0 Å². The maximum atomic E-state index is 8.56. The molecule has 0 aliphatic carbocycles. The summed E-state index contributed by atoms with van der Waals surface area (Å²) in [6.07, 6.45) is 0.377. The third-order valence-electron chi connectivity index (χ3n) is 2.25. The highest BCUT2D eigenvalue weighted by Gasteiger charge is 2.09. The number of nitriles is 1. The fraction of sp³-hybridized carbons (Fsp3) is 0.462. The third-order valence-corrected chi connectivity index (χ3v) is 2.25. The van der Waals surface area contributed by atoms with Crippen LogP contribution in [0.1, 0.15) is 38.7 Å². The minimum atomic E-state index is -0.0464. The van der Waals surface area contributed by atoms with Gasteiger partial charge < -0.3 is 4.74 Å². The molecule has 15 heavy (non-hydrogen) atoms. The molecule has 0 N–H and O–H groups in total. The van der Waals surface area contributed by atoms with Gasteiger partial charge in [-0.05, 0) is 24.5 Å². The van der Waals surface area contributed by atoms with Crippen molar-refractivity contribution in [3.05, 3.63) is 29.8 Å². The Bertz CT molecular complexity index is 352. The second kappa shape index (κ2) is 5.41. The van der Waals surface area contributed by atoms with Crippen LogP contribution in [-0.4, -0.2) is 6.10 Å². The third kappa shape index (κ3) is 3.28. The van der Waals surface area contributed by atoms with Gasteiger partial charge in [-0.1, -0.05) is 32.0 Å². The summed E-state index contributed by atoms with van der Waals surface area (Å²) in [4.78, 5) is 0. The standard InChI is InChI=1S/C13H17NO/c1-10(2)12-6-4-5-7-13(12)15-11(3)8-9-14/h4-7,10-11H,8H2,1-3H3. The summed E-state index contributed by atoms with van der Waals surface area (Å²) in [6.45, 7) is 6.19. The zero-order valence-electron chi connectivity index (χ0n) is 9.53. The average Bonchev–Trinajstić information content (AvgIpc) is 2.18. The molecule has 0 fully saturated rings. The Hall–Kier alpha value is -1.49. The highest BCUT2D eigenvalue weighted by molar-refractivity contribution is 5.35. The lowest BCUT2D eigenvalue weighted by Crippen LogP contribution is -2.12. The lowest BCUT2D eigenvalue weighted by atomic mass is 10.0. The fourth-order valence-corrected chi connectivity index (χ4v) is 1.45. The van der Waals surface area contributed by atoms with Crippen molar-refractivity contribution >= 4 is 0 Å². The van der Waals surface area contributed by atoms with E-state index in [1.165, 1.54) is 5.56 Å². The molecule has 0 aliphatic rings. The number of nitrogens with zero attached hydrogens (tertiary/aromatic N) is 1. The van der Waals surface area contributed by atoms with Crippen LogP contribution in [0.5, 0.6) is 5.75 Å². The molecule has 0 aromatic heterocycles. The zero-order valence-corrected chi connectivity index (χ0v) is 9.53. The number of para-hydroxylation sites is 1. The van der Waals surface area contributed by atoms with E-state index in [1.54, 1.807) is 0 Å². The second-order valence-electron chi connectivity index (χ2n) is 3.98. The molecule has 0 aliphatic heterocycles. The summed E-state index contributed by atoms with van der Waals surface area (Å²) < 4.78 is 5.72. The summed E-state index contributed by atoms with van der Waals surface area (Å²) in [6, 6.07) is 10.1. The first-order chi connectivity index (χ1) is 7.15. The van der Waals surface area contributed by atoms with Crippen LogP contribution in [0.15, 0.2) is 24.3 Å². The van der Waals surface area contributed by atoms with Crippen molar-refractivity contribution in [1.82, 2.24) is 0 Å². The van der Waals surface area contributed by atoms with Gasteiger partial charge in [0.15, 0.2) is 0 Å². The lowest BCUT2D eigenvalue weighted by Gasteiger charge is -2.17. The van der Waals surface area contributed by atoms with Gasteiger partial charge in [0, 0.05) is 0 Å². The fourth-order valence-electron chi connectivity index (χ4n) is 1.45. The molecule has 0 bridgehead atoms. The van der Waals surface area contributed by atoms with Crippen LogP contribution in [0.4, 0.5) is 0 Å². The number of hydrogen-bond donors (Lipinski definition) is 0. The summed E-state index contributed by atoms with van der Waals surface area (Å²) >= 11 is 0. The van der Waals surface area contributed by atoms with Crippen LogP contribution < -0.4 is 4.74 Å². The Morgan fingerprint density at radius 3 is 2.53 bits per heavy atom. The van der Waals surface area contributed by atoms with Crippen molar-refractivity contribution in [3.63, 3.8) is 0 Å². The quantitative estimate of drug-likeness (QED) is 0.750. The van der Waals surface area contributed by atoms with Gasteiger partial charge in [-0.25, -0.2) is 0 Å². The Morgan fingerprint density at radius 2 is 1.93 bits per heavy atom. The smallest absolute Gasteiger partial charge is 0.123 e. The predicted octanol–water partition coefficient (Wildman–Crippen LogP) is 3.49. The molecule has 1 aromatic rings. The molecule has 80 valence electrons.